The van der Waals surface area contributed by atoms with E-state index in [1.165, 1.54) is 0 Å². The number of nitrogens with two attached hydrogens (primary N) is 1. The highest BCUT2D eigenvalue weighted by Gasteiger charge is 2.23. The van der Waals surface area contributed by atoms with E-state index in [-0.39, 0.29) is 12.1 Å². The fourth-order valence-corrected chi connectivity index (χ4v) is 2.25. The molecule has 110 valence electrons. The minimum atomic E-state index is 0.0570. The molecule has 0 radical (unpaired) electrons. The molecule has 1 rings (SSSR count). The number of ether oxygens (including phenoxy) is 1. The zero-order chi connectivity index (χ0) is 14.3. The van der Waals surface area contributed by atoms with E-state index in [1.807, 2.05) is 11.6 Å². The van der Waals surface area contributed by atoms with E-state index < -0.39 is 0 Å². The van der Waals surface area contributed by atoms with Gasteiger partial charge >= 0.3 is 0 Å². The smallest absolute Gasteiger partial charge is 0.138 e. The second-order valence-corrected chi connectivity index (χ2v) is 4.97. The summed E-state index contributed by atoms with van der Waals surface area (Å²) < 4.78 is 7.71. The molecule has 6 heteroatoms. The van der Waals surface area contributed by atoms with Crippen LogP contribution in [0.5, 0.6) is 0 Å². The zero-order valence-electron chi connectivity index (χ0n) is 12.5. The molecular weight excluding hydrogens is 242 g/mol. The van der Waals surface area contributed by atoms with Gasteiger partial charge in [-0.05, 0) is 27.2 Å². The zero-order valence-corrected chi connectivity index (χ0v) is 12.5. The van der Waals surface area contributed by atoms with Crippen LogP contribution in [0.25, 0.3) is 0 Å². The Balaban J connectivity index is 2.76. The van der Waals surface area contributed by atoms with Crippen molar-refractivity contribution in [1.82, 2.24) is 20.2 Å². The maximum atomic E-state index is 5.78. The van der Waals surface area contributed by atoms with Crippen molar-refractivity contribution >= 4 is 0 Å². The monoisotopic (exact) mass is 269 g/mol. The summed E-state index contributed by atoms with van der Waals surface area (Å²) in [5, 5.41) is 4.25. The molecule has 0 aromatic carbocycles. The normalized spacial score (nSPS) is 14.8. The van der Waals surface area contributed by atoms with Gasteiger partial charge < -0.3 is 4.74 Å². The van der Waals surface area contributed by atoms with Crippen LogP contribution in [0, 0.1) is 0 Å². The summed E-state index contributed by atoms with van der Waals surface area (Å²) in [7, 11) is 0. The Morgan fingerprint density at radius 3 is 2.68 bits per heavy atom. The summed E-state index contributed by atoms with van der Waals surface area (Å²) >= 11 is 0. The molecule has 3 N–H and O–H groups in total. The van der Waals surface area contributed by atoms with Gasteiger partial charge in [-0.3, -0.25) is 11.3 Å². The second kappa shape index (κ2) is 8.24. The van der Waals surface area contributed by atoms with E-state index in [0.717, 1.165) is 25.1 Å². The lowest BCUT2D eigenvalue weighted by molar-refractivity contribution is 0.0273. The first-order valence-corrected chi connectivity index (χ1v) is 7.10. The summed E-state index contributed by atoms with van der Waals surface area (Å²) in [6.45, 7) is 9.03. The van der Waals surface area contributed by atoms with E-state index in [9.17, 15) is 0 Å². The van der Waals surface area contributed by atoms with Crippen molar-refractivity contribution in [1.29, 1.82) is 0 Å². The van der Waals surface area contributed by atoms with Crippen molar-refractivity contribution in [2.45, 2.75) is 65.1 Å². The standard InChI is InChI=1S/C13H27N5O/c1-5-7-12(19-6-2)11(17-14)8-13-15-9-16-18(13)10(3)4/h9-12,17H,5-8,14H2,1-4H3. The van der Waals surface area contributed by atoms with E-state index in [2.05, 4.69) is 36.3 Å². The lowest BCUT2D eigenvalue weighted by Gasteiger charge is -2.26. The van der Waals surface area contributed by atoms with Crippen molar-refractivity contribution in [2.75, 3.05) is 6.61 Å². The van der Waals surface area contributed by atoms with Crippen molar-refractivity contribution in [3.05, 3.63) is 12.2 Å². The molecular formula is C13H27N5O. The first-order chi connectivity index (χ1) is 9.13. The van der Waals surface area contributed by atoms with Crippen LogP contribution in [-0.2, 0) is 11.2 Å². The Hall–Kier alpha value is -0.980. The molecule has 0 aliphatic carbocycles. The maximum Gasteiger partial charge on any atom is 0.138 e. The fraction of sp³-hybridized carbons (Fsp3) is 0.846. The minimum absolute atomic E-state index is 0.0570. The van der Waals surface area contributed by atoms with Crippen LogP contribution in [0.4, 0.5) is 0 Å². The number of rotatable bonds is 9. The maximum absolute atomic E-state index is 5.78. The quantitative estimate of drug-likeness (QED) is 0.524. The van der Waals surface area contributed by atoms with Gasteiger partial charge in [-0.1, -0.05) is 13.3 Å². The van der Waals surface area contributed by atoms with Gasteiger partial charge in [0.25, 0.3) is 0 Å². The van der Waals surface area contributed by atoms with Crippen LogP contribution >= 0.6 is 0 Å². The average Bonchev–Trinajstić information content (AvgIpc) is 2.84. The first kappa shape index (κ1) is 16.1. The van der Waals surface area contributed by atoms with Gasteiger partial charge in [-0.25, -0.2) is 9.67 Å². The largest absolute Gasteiger partial charge is 0.377 e. The van der Waals surface area contributed by atoms with Crippen LogP contribution in [0.15, 0.2) is 6.33 Å². The van der Waals surface area contributed by atoms with Gasteiger partial charge in [0, 0.05) is 19.1 Å². The number of nitrogens with one attached hydrogen (secondary N) is 1. The molecule has 0 aliphatic heterocycles. The molecule has 0 saturated heterocycles. The summed E-state index contributed by atoms with van der Waals surface area (Å²) in [6, 6.07) is 0.356. The fourth-order valence-electron chi connectivity index (χ4n) is 2.25. The van der Waals surface area contributed by atoms with Crippen LogP contribution in [0.1, 0.15) is 52.4 Å². The van der Waals surface area contributed by atoms with Crippen molar-refractivity contribution in [2.24, 2.45) is 5.84 Å². The minimum Gasteiger partial charge on any atom is -0.377 e. The van der Waals surface area contributed by atoms with E-state index >= 15 is 0 Å². The molecule has 1 aromatic heterocycles. The molecule has 6 nitrogen and oxygen atoms in total. The van der Waals surface area contributed by atoms with E-state index in [0.29, 0.717) is 12.6 Å². The van der Waals surface area contributed by atoms with Crippen LogP contribution in [0.2, 0.25) is 0 Å². The number of nitrogens with zero attached hydrogens (tertiary/aromatic N) is 3. The Morgan fingerprint density at radius 1 is 1.42 bits per heavy atom. The number of aromatic nitrogens is 3. The first-order valence-electron chi connectivity index (χ1n) is 7.10. The van der Waals surface area contributed by atoms with Crippen LogP contribution in [-0.4, -0.2) is 33.5 Å². The third-order valence-corrected chi connectivity index (χ3v) is 3.16. The number of hydrogen-bond acceptors (Lipinski definition) is 5. The Labute approximate surface area is 115 Å². The molecule has 1 aromatic rings. The van der Waals surface area contributed by atoms with Gasteiger partial charge in [0.2, 0.25) is 0 Å². The van der Waals surface area contributed by atoms with Gasteiger partial charge in [-0.2, -0.15) is 5.10 Å². The summed E-state index contributed by atoms with van der Waals surface area (Å²) in [5.74, 6) is 6.63. The Morgan fingerprint density at radius 2 is 2.16 bits per heavy atom. The summed E-state index contributed by atoms with van der Waals surface area (Å²) in [4.78, 5) is 4.33. The Bertz CT molecular complexity index is 347. The van der Waals surface area contributed by atoms with E-state index in [1.54, 1.807) is 6.33 Å². The van der Waals surface area contributed by atoms with Gasteiger partial charge in [0.1, 0.15) is 12.2 Å². The molecule has 0 aliphatic rings. The highest BCUT2D eigenvalue weighted by atomic mass is 16.5. The van der Waals surface area contributed by atoms with Crippen molar-refractivity contribution < 1.29 is 4.74 Å². The molecule has 0 fully saturated rings. The molecule has 2 atom stereocenters. The van der Waals surface area contributed by atoms with Crippen LogP contribution < -0.4 is 11.3 Å². The predicted molar refractivity (Wildman–Crippen MR) is 75.5 cm³/mol. The van der Waals surface area contributed by atoms with Gasteiger partial charge in [0.05, 0.1) is 12.1 Å². The van der Waals surface area contributed by atoms with Crippen LogP contribution in [0.3, 0.4) is 0 Å². The topological polar surface area (TPSA) is 78.0 Å². The van der Waals surface area contributed by atoms with Crippen molar-refractivity contribution in [3.63, 3.8) is 0 Å². The molecule has 0 amide bonds. The second-order valence-electron chi connectivity index (χ2n) is 4.97. The lowest BCUT2D eigenvalue weighted by atomic mass is 10.0. The molecule has 0 bridgehead atoms. The molecule has 19 heavy (non-hydrogen) atoms. The molecule has 0 saturated carbocycles. The summed E-state index contributed by atoms with van der Waals surface area (Å²) in [6.07, 6.45) is 4.48. The summed E-state index contributed by atoms with van der Waals surface area (Å²) in [5.41, 5.74) is 2.87. The molecule has 0 spiro atoms. The lowest BCUT2D eigenvalue weighted by Crippen LogP contribution is -2.47. The Kier molecular flexibility index (Phi) is 6.97. The van der Waals surface area contributed by atoms with Crippen molar-refractivity contribution in [3.8, 4) is 0 Å². The highest BCUT2D eigenvalue weighted by molar-refractivity contribution is 4.93. The average molecular weight is 269 g/mol. The third kappa shape index (κ3) is 4.56. The third-order valence-electron chi connectivity index (χ3n) is 3.16. The molecule has 2 unspecified atom stereocenters. The predicted octanol–water partition coefficient (Wildman–Crippen LogP) is 1.44. The SMILES string of the molecule is CCCC(OCC)C(Cc1ncnn1C(C)C)NN. The van der Waals surface area contributed by atoms with Gasteiger partial charge in [-0.15, -0.1) is 0 Å². The number of hydrogen-bond donors (Lipinski definition) is 2. The van der Waals surface area contributed by atoms with E-state index in [4.69, 9.17) is 10.6 Å². The molecule has 1 heterocycles. The highest BCUT2D eigenvalue weighted by Crippen LogP contribution is 2.13. The number of hydrazine groups is 1. The van der Waals surface area contributed by atoms with Gasteiger partial charge in [0.15, 0.2) is 0 Å².